The van der Waals surface area contributed by atoms with Crippen LogP contribution in [-0.2, 0) is 16.1 Å². The molecule has 1 heterocycles. The molecule has 3 aromatic rings. The van der Waals surface area contributed by atoms with E-state index in [-0.39, 0.29) is 23.7 Å². The van der Waals surface area contributed by atoms with Crippen molar-refractivity contribution in [2.24, 2.45) is 5.92 Å². The highest BCUT2D eigenvalue weighted by atomic mass is 19.1. The molecule has 0 radical (unpaired) electrons. The normalized spacial score (nSPS) is 17.4. The molecule has 174 valence electrons. The average molecular weight is 460 g/mol. The standard InChI is InChI=1S/C28H26FNO4/c1-18(2)17-34-23-10-6-9-21(15-23)26(31)24-25(20-7-4-3-5-8-20)30(28(33)27(24)32)16-19-11-13-22(29)14-12-19/h3-15,18,25,31H,16-17H2,1-2H3/b26-24-. The number of hydrogen-bond acceptors (Lipinski definition) is 4. The molecule has 0 bridgehead atoms. The lowest BCUT2D eigenvalue weighted by Crippen LogP contribution is -2.29. The van der Waals surface area contributed by atoms with Crippen LogP contribution in [0.15, 0.2) is 84.4 Å². The van der Waals surface area contributed by atoms with Gasteiger partial charge in [0, 0.05) is 12.1 Å². The molecule has 1 saturated heterocycles. The fourth-order valence-corrected chi connectivity index (χ4v) is 3.96. The zero-order valence-corrected chi connectivity index (χ0v) is 19.1. The fourth-order valence-electron chi connectivity index (χ4n) is 3.96. The number of carbonyl (C=O) groups is 2. The number of amides is 1. The van der Waals surface area contributed by atoms with Gasteiger partial charge in [-0.3, -0.25) is 9.59 Å². The topological polar surface area (TPSA) is 66.8 Å². The third kappa shape index (κ3) is 4.86. The van der Waals surface area contributed by atoms with Crippen LogP contribution in [0.5, 0.6) is 5.75 Å². The summed E-state index contributed by atoms with van der Waals surface area (Å²) in [5.41, 5.74) is 1.77. The lowest BCUT2D eigenvalue weighted by Gasteiger charge is -2.25. The Bertz CT molecular complexity index is 1220. The summed E-state index contributed by atoms with van der Waals surface area (Å²) in [5.74, 6) is -1.23. The zero-order valence-electron chi connectivity index (χ0n) is 19.1. The van der Waals surface area contributed by atoms with Gasteiger partial charge in [-0.25, -0.2) is 4.39 Å². The van der Waals surface area contributed by atoms with Crippen molar-refractivity contribution < 1.29 is 23.8 Å². The van der Waals surface area contributed by atoms with Crippen molar-refractivity contribution in [2.75, 3.05) is 6.61 Å². The van der Waals surface area contributed by atoms with Gasteiger partial charge in [-0.1, -0.05) is 68.4 Å². The van der Waals surface area contributed by atoms with Gasteiger partial charge in [-0.05, 0) is 41.3 Å². The molecule has 5 nitrogen and oxygen atoms in total. The van der Waals surface area contributed by atoms with E-state index in [2.05, 4.69) is 0 Å². The monoisotopic (exact) mass is 459 g/mol. The highest BCUT2D eigenvalue weighted by Gasteiger charge is 2.46. The molecule has 1 unspecified atom stereocenters. The van der Waals surface area contributed by atoms with Crippen molar-refractivity contribution in [3.63, 3.8) is 0 Å². The summed E-state index contributed by atoms with van der Waals surface area (Å²) in [4.78, 5) is 27.7. The van der Waals surface area contributed by atoms with E-state index in [9.17, 15) is 19.1 Å². The fraction of sp³-hybridized carbons (Fsp3) is 0.214. The minimum Gasteiger partial charge on any atom is -0.507 e. The molecule has 1 atom stereocenters. The Morgan fingerprint density at radius 2 is 1.71 bits per heavy atom. The van der Waals surface area contributed by atoms with Crippen molar-refractivity contribution in [1.82, 2.24) is 4.90 Å². The number of aliphatic hydroxyl groups is 1. The first-order valence-electron chi connectivity index (χ1n) is 11.2. The smallest absolute Gasteiger partial charge is 0.295 e. The molecular formula is C28H26FNO4. The third-order valence-electron chi connectivity index (χ3n) is 5.61. The van der Waals surface area contributed by atoms with Gasteiger partial charge in [-0.15, -0.1) is 0 Å². The first-order chi connectivity index (χ1) is 16.3. The summed E-state index contributed by atoms with van der Waals surface area (Å²) in [6, 6.07) is 20.9. The molecule has 4 rings (SSSR count). The van der Waals surface area contributed by atoms with Gasteiger partial charge in [0.25, 0.3) is 11.7 Å². The average Bonchev–Trinajstić information content (AvgIpc) is 3.09. The number of aliphatic hydroxyl groups excluding tert-OH is 1. The van der Waals surface area contributed by atoms with Crippen LogP contribution in [0.3, 0.4) is 0 Å². The number of Topliss-reactive ketones (excluding diaryl/α,β-unsaturated/α-hetero) is 1. The van der Waals surface area contributed by atoms with Crippen LogP contribution in [-0.4, -0.2) is 28.3 Å². The quantitative estimate of drug-likeness (QED) is 0.289. The Balaban J connectivity index is 1.77. The van der Waals surface area contributed by atoms with Crippen LogP contribution in [0.2, 0.25) is 0 Å². The molecule has 34 heavy (non-hydrogen) atoms. The van der Waals surface area contributed by atoms with Gasteiger partial charge in [0.1, 0.15) is 17.3 Å². The summed E-state index contributed by atoms with van der Waals surface area (Å²) in [6.07, 6.45) is 0. The van der Waals surface area contributed by atoms with E-state index in [1.54, 1.807) is 36.4 Å². The highest BCUT2D eigenvalue weighted by Crippen LogP contribution is 2.40. The van der Waals surface area contributed by atoms with Gasteiger partial charge in [0.05, 0.1) is 18.2 Å². The van der Waals surface area contributed by atoms with Gasteiger partial charge in [0.2, 0.25) is 0 Å². The van der Waals surface area contributed by atoms with Gasteiger partial charge in [0.15, 0.2) is 0 Å². The van der Waals surface area contributed by atoms with Crippen LogP contribution >= 0.6 is 0 Å². The molecule has 3 aromatic carbocycles. The second kappa shape index (κ2) is 9.91. The largest absolute Gasteiger partial charge is 0.507 e. The predicted octanol–water partition coefficient (Wildman–Crippen LogP) is 5.48. The number of halogens is 1. The van der Waals surface area contributed by atoms with Crippen LogP contribution in [0.4, 0.5) is 4.39 Å². The second-order valence-corrected chi connectivity index (χ2v) is 8.70. The highest BCUT2D eigenvalue weighted by molar-refractivity contribution is 6.46. The van der Waals surface area contributed by atoms with Crippen LogP contribution < -0.4 is 4.74 Å². The Hall–Kier alpha value is -3.93. The molecule has 6 heteroatoms. The second-order valence-electron chi connectivity index (χ2n) is 8.70. The van der Waals surface area contributed by atoms with Gasteiger partial charge < -0.3 is 14.7 Å². The van der Waals surface area contributed by atoms with E-state index in [0.717, 1.165) is 0 Å². The first-order valence-corrected chi connectivity index (χ1v) is 11.2. The molecule has 1 aliphatic rings. The van der Waals surface area contributed by atoms with Crippen molar-refractivity contribution in [1.29, 1.82) is 0 Å². The Morgan fingerprint density at radius 1 is 1.00 bits per heavy atom. The number of ether oxygens (including phenoxy) is 1. The number of hydrogen-bond donors (Lipinski definition) is 1. The number of carbonyl (C=O) groups excluding carboxylic acids is 2. The van der Waals surface area contributed by atoms with Crippen LogP contribution in [0.1, 0.15) is 36.6 Å². The molecule has 0 aliphatic carbocycles. The number of rotatable bonds is 7. The molecule has 0 saturated carbocycles. The maximum absolute atomic E-state index is 13.4. The van der Waals surface area contributed by atoms with E-state index >= 15 is 0 Å². The minimum absolute atomic E-state index is 0.0133. The van der Waals surface area contributed by atoms with E-state index in [1.165, 1.54) is 17.0 Å². The van der Waals surface area contributed by atoms with Crippen molar-refractivity contribution in [3.05, 3.63) is 107 Å². The van der Waals surface area contributed by atoms with E-state index < -0.39 is 17.7 Å². The van der Waals surface area contributed by atoms with Gasteiger partial charge >= 0.3 is 0 Å². The Labute approximate surface area is 198 Å². The van der Waals surface area contributed by atoms with Crippen molar-refractivity contribution in [2.45, 2.75) is 26.4 Å². The zero-order chi connectivity index (χ0) is 24.2. The molecule has 0 aromatic heterocycles. The third-order valence-corrected chi connectivity index (χ3v) is 5.61. The molecule has 1 fully saturated rings. The molecule has 1 amide bonds. The Morgan fingerprint density at radius 3 is 2.38 bits per heavy atom. The van der Waals surface area contributed by atoms with E-state index in [4.69, 9.17) is 4.74 Å². The first kappa shape index (κ1) is 23.2. The summed E-state index contributed by atoms with van der Waals surface area (Å²) in [6.45, 7) is 4.67. The summed E-state index contributed by atoms with van der Waals surface area (Å²) in [5, 5.41) is 11.2. The number of nitrogens with zero attached hydrogens (tertiary/aromatic N) is 1. The minimum atomic E-state index is -0.786. The van der Waals surface area contributed by atoms with Crippen molar-refractivity contribution in [3.8, 4) is 5.75 Å². The molecular weight excluding hydrogens is 433 g/mol. The number of likely N-dealkylation sites (tertiary alicyclic amines) is 1. The molecule has 1 aliphatic heterocycles. The summed E-state index contributed by atoms with van der Waals surface area (Å²) >= 11 is 0. The number of ketones is 1. The lowest BCUT2D eigenvalue weighted by molar-refractivity contribution is -0.140. The Kier molecular flexibility index (Phi) is 6.77. The van der Waals surface area contributed by atoms with Crippen LogP contribution in [0.25, 0.3) is 5.76 Å². The van der Waals surface area contributed by atoms with Crippen molar-refractivity contribution >= 4 is 17.4 Å². The molecule has 0 spiro atoms. The van der Waals surface area contributed by atoms with Gasteiger partial charge in [-0.2, -0.15) is 0 Å². The maximum Gasteiger partial charge on any atom is 0.295 e. The van der Waals surface area contributed by atoms with E-state index in [0.29, 0.717) is 35.0 Å². The SMILES string of the molecule is CC(C)COc1cccc(/C(O)=C2/C(=O)C(=O)N(Cc3ccc(F)cc3)C2c2ccccc2)c1. The predicted molar refractivity (Wildman–Crippen MR) is 127 cm³/mol. The summed E-state index contributed by atoms with van der Waals surface area (Å²) in [7, 11) is 0. The summed E-state index contributed by atoms with van der Waals surface area (Å²) < 4.78 is 19.1. The van der Waals surface area contributed by atoms with Crippen LogP contribution in [0, 0.1) is 11.7 Å². The van der Waals surface area contributed by atoms with E-state index in [1.807, 2.05) is 44.2 Å². The molecule has 1 N–H and O–H groups in total. The lowest BCUT2D eigenvalue weighted by atomic mass is 9.95. The number of benzene rings is 3. The maximum atomic E-state index is 13.4.